The Hall–Kier alpha value is -3.35. The highest BCUT2D eigenvalue weighted by atomic mass is 16.5. The van der Waals surface area contributed by atoms with Gasteiger partial charge in [-0.15, -0.1) is 0 Å². The van der Waals surface area contributed by atoms with Gasteiger partial charge in [-0.1, -0.05) is 12.1 Å². The maximum atomic E-state index is 12.6. The fraction of sp³-hybridized carbons (Fsp3) is 0.286. The van der Waals surface area contributed by atoms with E-state index in [1.54, 1.807) is 58.0 Å². The second kappa shape index (κ2) is 9.55. The van der Waals surface area contributed by atoms with E-state index in [4.69, 9.17) is 9.47 Å². The Bertz CT molecular complexity index is 894. The number of H-pyrrole nitrogens is 1. The topological polar surface area (TPSA) is 97.5 Å². The zero-order valence-corrected chi connectivity index (χ0v) is 16.4. The van der Waals surface area contributed by atoms with Crippen molar-refractivity contribution in [2.75, 3.05) is 18.5 Å². The van der Waals surface area contributed by atoms with Crippen LogP contribution in [0, 0.1) is 13.8 Å². The summed E-state index contributed by atoms with van der Waals surface area (Å²) in [5.41, 5.74) is 3.20. The number of amides is 1. The Balaban J connectivity index is 2.10. The number of hydrogen-bond acceptors (Lipinski definition) is 5. The van der Waals surface area contributed by atoms with E-state index in [1.165, 1.54) is 6.08 Å². The number of ether oxygens (including phenoxy) is 2. The Morgan fingerprint density at radius 1 is 1.04 bits per heavy atom. The van der Waals surface area contributed by atoms with Crippen LogP contribution in [0.5, 0.6) is 0 Å². The van der Waals surface area contributed by atoms with E-state index in [0.717, 1.165) is 5.56 Å². The van der Waals surface area contributed by atoms with Crippen molar-refractivity contribution in [1.29, 1.82) is 0 Å². The molecule has 2 rings (SSSR count). The molecule has 0 fully saturated rings. The van der Waals surface area contributed by atoms with Crippen LogP contribution < -0.4 is 5.32 Å². The van der Waals surface area contributed by atoms with Crippen molar-refractivity contribution >= 4 is 29.6 Å². The number of aryl methyl sites for hydroxylation is 1. The van der Waals surface area contributed by atoms with Crippen LogP contribution in [0.3, 0.4) is 0 Å². The Morgan fingerprint density at radius 3 is 2.29 bits per heavy atom. The lowest BCUT2D eigenvalue weighted by Crippen LogP contribution is -2.14. The highest BCUT2D eigenvalue weighted by molar-refractivity contribution is 6.06. The number of aromatic amines is 1. The van der Waals surface area contributed by atoms with Crippen LogP contribution in [0.1, 0.15) is 51.5 Å². The summed E-state index contributed by atoms with van der Waals surface area (Å²) in [5, 5.41) is 2.78. The molecule has 0 aliphatic carbocycles. The van der Waals surface area contributed by atoms with E-state index in [-0.39, 0.29) is 12.5 Å². The summed E-state index contributed by atoms with van der Waals surface area (Å²) in [7, 11) is 0. The molecule has 1 aromatic heterocycles. The summed E-state index contributed by atoms with van der Waals surface area (Å²) in [5.74, 6) is -1.22. The molecule has 7 heteroatoms. The molecule has 1 heterocycles. The zero-order chi connectivity index (χ0) is 20.7. The van der Waals surface area contributed by atoms with E-state index < -0.39 is 11.9 Å². The monoisotopic (exact) mass is 384 g/mol. The van der Waals surface area contributed by atoms with Crippen LogP contribution >= 0.6 is 0 Å². The lowest BCUT2D eigenvalue weighted by molar-refractivity contribution is -0.137. The molecular weight excluding hydrogens is 360 g/mol. The summed E-state index contributed by atoms with van der Waals surface area (Å²) in [6, 6.07) is 6.98. The number of carbonyl (C=O) groups excluding carboxylic acids is 3. The second-order valence-corrected chi connectivity index (χ2v) is 6.01. The molecular formula is C21H24N2O5. The minimum absolute atomic E-state index is 0.265. The van der Waals surface area contributed by atoms with Gasteiger partial charge in [0.25, 0.3) is 5.91 Å². The molecule has 148 valence electrons. The number of hydrogen-bond donors (Lipinski definition) is 2. The summed E-state index contributed by atoms with van der Waals surface area (Å²) < 4.78 is 9.86. The van der Waals surface area contributed by atoms with Crippen molar-refractivity contribution in [3.63, 3.8) is 0 Å². The second-order valence-electron chi connectivity index (χ2n) is 6.01. The first-order chi connectivity index (χ1) is 13.4. The minimum Gasteiger partial charge on any atom is -0.463 e. The quantitative estimate of drug-likeness (QED) is 0.561. The fourth-order valence-electron chi connectivity index (χ4n) is 2.71. The molecule has 7 nitrogen and oxygen atoms in total. The fourth-order valence-corrected chi connectivity index (χ4v) is 2.71. The van der Waals surface area contributed by atoms with Gasteiger partial charge in [0.2, 0.25) is 0 Å². The van der Waals surface area contributed by atoms with Crippen LogP contribution in [0.4, 0.5) is 5.69 Å². The smallest absolute Gasteiger partial charge is 0.340 e. The van der Waals surface area contributed by atoms with Gasteiger partial charge in [-0.05, 0) is 57.0 Å². The predicted molar refractivity (Wildman–Crippen MR) is 106 cm³/mol. The van der Waals surface area contributed by atoms with Crippen molar-refractivity contribution in [2.45, 2.75) is 27.7 Å². The molecule has 0 bridgehead atoms. The molecule has 28 heavy (non-hydrogen) atoms. The lowest BCUT2D eigenvalue weighted by atomic mass is 10.1. The van der Waals surface area contributed by atoms with E-state index >= 15 is 0 Å². The van der Waals surface area contributed by atoms with Gasteiger partial charge in [0.15, 0.2) is 0 Å². The van der Waals surface area contributed by atoms with Crippen molar-refractivity contribution < 1.29 is 23.9 Å². The summed E-state index contributed by atoms with van der Waals surface area (Å²) >= 11 is 0. The van der Waals surface area contributed by atoms with E-state index in [1.807, 2.05) is 0 Å². The lowest BCUT2D eigenvalue weighted by Gasteiger charge is -2.06. The first-order valence-electron chi connectivity index (χ1n) is 8.99. The third-order valence-corrected chi connectivity index (χ3v) is 4.01. The minimum atomic E-state index is -0.453. The number of anilines is 1. The Labute approximate surface area is 163 Å². The molecule has 0 unspecified atom stereocenters. The van der Waals surface area contributed by atoms with Crippen molar-refractivity contribution in [2.24, 2.45) is 0 Å². The first kappa shape index (κ1) is 21.0. The largest absolute Gasteiger partial charge is 0.463 e. The average molecular weight is 384 g/mol. The SMILES string of the molecule is CCOC(=O)/C=C/c1ccc(NC(=O)c2[nH]c(C)c(C(=O)OCC)c2C)cc1. The molecule has 0 aliphatic rings. The number of aromatic nitrogens is 1. The molecule has 0 spiro atoms. The molecule has 0 radical (unpaired) electrons. The van der Waals surface area contributed by atoms with E-state index in [0.29, 0.717) is 34.8 Å². The molecule has 0 aliphatic heterocycles. The van der Waals surface area contributed by atoms with E-state index in [9.17, 15) is 14.4 Å². The first-order valence-corrected chi connectivity index (χ1v) is 8.99. The maximum absolute atomic E-state index is 12.6. The molecule has 2 aromatic rings. The zero-order valence-electron chi connectivity index (χ0n) is 16.4. The van der Waals surface area contributed by atoms with Crippen molar-refractivity contribution in [1.82, 2.24) is 4.98 Å². The summed E-state index contributed by atoms with van der Waals surface area (Å²) in [6.07, 6.45) is 2.98. The van der Waals surface area contributed by atoms with Crippen molar-refractivity contribution in [3.8, 4) is 0 Å². The average Bonchev–Trinajstić information content (AvgIpc) is 2.96. The van der Waals surface area contributed by atoms with E-state index in [2.05, 4.69) is 10.3 Å². The van der Waals surface area contributed by atoms with Gasteiger partial charge in [-0.3, -0.25) is 4.79 Å². The number of nitrogens with one attached hydrogen (secondary N) is 2. The van der Waals surface area contributed by atoms with Gasteiger partial charge in [0.05, 0.1) is 18.8 Å². The van der Waals surface area contributed by atoms with Crippen LogP contribution in [0.15, 0.2) is 30.3 Å². The number of rotatable bonds is 7. The number of esters is 2. The third kappa shape index (κ3) is 5.09. The molecule has 0 atom stereocenters. The van der Waals surface area contributed by atoms with Crippen LogP contribution in [0.2, 0.25) is 0 Å². The molecule has 1 aromatic carbocycles. The Kier molecular flexibility index (Phi) is 7.14. The molecule has 1 amide bonds. The highest BCUT2D eigenvalue weighted by Crippen LogP contribution is 2.20. The summed E-state index contributed by atoms with van der Waals surface area (Å²) in [6.45, 7) is 7.49. The molecule has 0 saturated heterocycles. The van der Waals surface area contributed by atoms with Crippen LogP contribution in [-0.2, 0) is 14.3 Å². The summed E-state index contributed by atoms with van der Waals surface area (Å²) in [4.78, 5) is 38.9. The van der Waals surface area contributed by atoms with Crippen molar-refractivity contribution in [3.05, 3.63) is 58.4 Å². The number of benzene rings is 1. The predicted octanol–water partition coefficient (Wildman–Crippen LogP) is 3.64. The Morgan fingerprint density at radius 2 is 1.68 bits per heavy atom. The van der Waals surface area contributed by atoms with Crippen LogP contribution in [0.25, 0.3) is 6.08 Å². The van der Waals surface area contributed by atoms with Gasteiger partial charge in [0.1, 0.15) is 5.69 Å². The van der Waals surface area contributed by atoms with Gasteiger partial charge in [-0.25, -0.2) is 9.59 Å². The van der Waals surface area contributed by atoms with Gasteiger partial charge >= 0.3 is 11.9 Å². The van der Waals surface area contributed by atoms with Gasteiger partial charge in [0, 0.05) is 17.5 Å². The normalized spacial score (nSPS) is 10.7. The molecule has 2 N–H and O–H groups in total. The molecule has 0 saturated carbocycles. The number of carbonyl (C=O) groups is 3. The van der Waals surface area contributed by atoms with Gasteiger partial charge < -0.3 is 19.8 Å². The highest BCUT2D eigenvalue weighted by Gasteiger charge is 2.22. The third-order valence-electron chi connectivity index (χ3n) is 4.01. The van der Waals surface area contributed by atoms with Crippen LogP contribution in [-0.4, -0.2) is 36.0 Å². The van der Waals surface area contributed by atoms with Gasteiger partial charge in [-0.2, -0.15) is 0 Å². The standard InChI is InChI=1S/C21H24N2O5/c1-5-27-17(24)12-9-15-7-10-16(11-8-15)23-20(25)19-13(3)18(14(4)22-19)21(26)28-6-2/h7-12,22H,5-6H2,1-4H3,(H,23,25)/b12-9+. The maximum Gasteiger partial charge on any atom is 0.340 e.